The second kappa shape index (κ2) is 8.94. The van der Waals surface area contributed by atoms with Crippen LogP contribution in [0.15, 0.2) is 119 Å². The molecule has 4 heteroatoms. The van der Waals surface area contributed by atoms with Gasteiger partial charge >= 0.3 is 0 Å². The van der Waals surface area contributed by atoms with Crippen LogP contribution in [0.5, 0.6) is 0 Å². The molecular weight excluding hydrogens is 398 g/mol. The van der Waals surface area contributed by atoms with Crippen LogP contribution in [0.1, 0.15) is 11.1 Å². The lowest BCUT2D eigenvalue weighted by molar-refractivity contribution is 0.824. The molecule has 1 heterocycles. The van der Waals surface area contributed by atoms with Gasteiger partial charge in [0.2, 0.25) is 4.80 Å². The summed E-state index contributed by atoms with van der Waals surface area (Å²) in [5, 5.41) is 9.40. The summed E-state index contributed by atoms with van der Waals surface area (Å²) in [6.45, 7) is 0.624. The van der Waals surface area contributed by atoms with Crippen LogP contribution in [0.25, 0.3) is 22.0 Å². The summed E-state index contributed by atoms with van der Waals surface area (Å²) in [5.41, 5.74) is 4.43. The Hall–Kier alpha value is -3.76. The highest BCUT2D eigenvalue weighted by atomic mass is 32.1. The Kier molecular flexibility index (Phi) is 5.54. The number of fused-ring (bicyclic) bond motifs is 1. The Morgan fingerprint density at radius 3 is 2.29 bits per heavy atom. The Labute approximate surface area is 185 Å². The SMILES string of the molecule is C(=N/n1c(-c2ccccc2)csc1=NCc1ccccc1)/c1cccc2ccccc12. The molecule has 0 N–H and O–H groups in total. The molecule has 3 nitrogen and oxygen atoms in total. The van der Waals surface area contributed by atoms with Crippen molar-refractivity contribution in [3.05, 3.63) is 124 Å². The lowest BCUT2D eigenvalue weighted by Crippen LogP contribution is -2.12. The highest BCUT2D eigenvalue weighted by Crippen LogP contribution is 2.21. The van der Waals surface area contributed by atoms with Crippen molar-refractivity contribution in [2.45, 2.75) is 6.54 Å². The molecule has 0 aliphatic carbocycles. The van der Waals surface area contributed by atoms with Gasteiger partial charge in [0.15, 0.2) is 0 Å². The van der Waals surface area contributed by atoms with Gasteiger partial charge in [0.25, 0.3) is 0 Å². The number of nitrogens with zero attached hydrogens (tertiary/aromatic N) is 3. The Morgan fingerprint density at radius 1 is 0.742 bits per heavy atom. The van der Waals surface area contributed by atoms with Crippen molar-refractivity contribution in [2.24, 2.45) is 10.1 Å². The molecular formula is C27H21N3S. The summed E-state index contributed by atoms with van der Waals surface area (Å²) in [6.07, 6.45) is 1.93. The molecule has 0 bridgehead atoms. The average Bonchev–Trinajstić information content (AvgIpc) is 3.25. The van der Waals surface area contributed by atoms with E-state index >= 15 is 0 Å². The summed E-state index contributed by atoms with van der Waals surface area (Å²) in [4.78, 5) is 5.74. The van der Waals surface area contributed by atoms with Gasteiger partial charge in [0, 0.05) is 16.5 Å². The van der Waals surface area contributed by atoms with Crippen LogP contribution in [0.3, 0.4) is 0 Å². The maximum absolute atomic E-state index is 4.88. The lowest BCUT2D eigenvalue weighted by atomic mass is 10.1. The standard InChI is InChI=1S/C27H21N3S/c1-3-10-21(11-4-1)18-28-27-30(26(20-31-27)23-13-5-2-6-14-23)29-19-24-16-9-15-22-12-7-8-17-25(22)24/h1-17,19-20H,18H2/b28-27?,29-19-. The van der Waals surface area contributed by atoms with Crippen molar-refractivity contribution in [3.63, 3.8) is 0 Å². The van der Waals surface area contributed by atoms with Crippen LogP contribution >= 0.6 is 11.3 Å². The molecule has 0 saturated carbocycles. The van der Waals surface area contributed by atoms with Crippen LogP contribution in [0.4, 0.5) is 0 Å². The van der Waals surface area contributed by atoms with E-state index in [0.717, 1.165) is 21.6 Å². The Bertz CT molecular complexity index is 1390. The second-order valence-electron chi connectivity index (χ2n) is 7.20. The number of hydrogen-bond acceptors (Lipinski definition) is 3. The molecule has 0 aliphatic heterocycles. The van der Waals surface area contributed by atoms with E-state index < -0.39 is 0 Å². The van der Waals surface area contributed by atoms with E-state index in [1.54, 1.807) is 11.3 Å². The molecule has 31 heavy (non-hydrogen) atoms. The molecule has 0 atom stereocenters. The first kappa shape index (κ1) is 19.2. The highest BCUT2D eigenvalue weighted by molar-refractivity contribution is 7.07. The number of thiazole rings is 1. The molecule has 5 aromatic rings. The molecule has 0 fully saturated rings. The van der Waals surface area contributed by atoms with Crippen LogP contribution < -0.4 is 4.80 Å². The Morgan fingerprint density at radius 2 is 1.45 bits per heavy atom. The van der Waals surface area contributed by atoms with Gasteiger partial charge in [0.05, 0.1) is 18.5 Å². The number of aromatic nitrogens is 1. The maximum atomic E-state index is 4.88. The van der Waals surface area contributed by atoms with E-state index in [4.69, 9.17) is 10.1 Å². The average molecular weight is 420 g/mol. The van der Waals surface area contributed by atoms with Gasteiger partial charge in [0.1, 0.15) is 0 Å². The van der Waals surface area contributed by atoms with E-state index in [9.17, 15) is 0 Å². The van der Waals surface area contributed by atoms with Crippen molar-refractivity contribution in [1.82, 2.24) is 4.68 Å². The summed E-state index contributed by atoms with van der Waals surface area (Å²) in [5.74, 6) is 0. The summed E-state index contributed by atoms with van der Waals surface area (Å²) in [7, 11) is 0. The third-order valence-corrected chi connectivity index (χ3v) is 5.98. The highest BCUT2D eigenvalue weighted by Gasteiger charge is 2.07. The zero-order valence-corrected chi connectivity index (χ0v) is 17.7. The first-order chi connectivity index (χ1) is 15.4. The largest absolute Gasteiger partial charge is 0.253 e. The fourth-order valence-corrected chi connectivity index (χ4v) is 4.39. The molecule has 0 aliphatic rings. The third kappa shape index (κ3) is 4.25. The Balaban J connectivity index is 1.60. The quantitative estimate of drug-likeness (QED) is 0.297. The van der Waals surface area contributed by atoms with Crippen LogP contribution in [0.2, 0.25) is 0 Å². The van der Waals surface area contributed by atoms with E-state index in [1.807, 2.05) is 47.3 Å². The normalized spacial score (nSPS) is 12.1. The molecule has 4 aromatic carbocycles. The van der Waals surface area contributed by atoms with E-state index in [2.05, 4.69) is 72.1 Å². The minimum absolute atomic E-state index is 0.624. The molecule has 1 aromatic heterocycles. The van der Waals surface area contributed by atoms with Crippen molar-refractivity contribution >= 4 is 28.3 Å². The lowest BCUT2D eigenvalue weighted by Gasteiger charge is -2.05. The molecule has 0 spiro atoms. The molecule has 0 amide bonds. The predicted octanol–water partition coefficient (Wildman–Crippen LogP) is 6.35. The second-order valence-corrected chi connectivity index (χ2v) is 8.03. The van der Waals surface area contributed by atoms with Crippen molar-refractivity contribution in [1.29, 1.82) is 0 Å². The minimum Gasteiger partial charge on any atom is -0.253 e. The fourth-order valence-electron chi connectivity index (χ4n) is 3.55. The van der Waals surface area contributed by atoms with Crippen molar-refractivity contribution in [3.8, 4) is 11.3 Å². The molecule has 5 rings (SSSR count). The van der Waals surface area contributed by atoms with Gasteiger partial charge in [-0.1, -0.05) is 103 Å². The minimum atomic E-state index is 0.624. The van der Waals surface area contributed by atoms with E-state index in [-0.39, 0.29) is 0 Å². The third-order valence-electron chi connectivity index (χ3n) is 5.13. The molecule has 0 saturated heterocycles. The zero-order chi connectivity index (χ0) is 20.9. The number of hydrogen-bond donors (Lipinski definition) is 0. The zero-order valence-electron chi connectivity index (χ0n) is 16.9. The van der Waals surface area contributed by atoms with Gasteiger partial charge in [-0.05, 0) is 16.3 Å². The monoisotopic (exact) mass is 419 g/mol. The summed E-state index contributed by atoms with van der Waals surface area (Å²) < 4.78 is 1.95. The van der Waals surface area contributed by atoms with Gasteiger partial charge < -0.3 is 0 Å². The molecule has 150 valence electrons. The van der Waals surface area contributed by atoms with Crippen LogP contribution in [-0.2, 0) is 6.54 Å². The van der Waals surface area contributed by atoms with Crippen LogP contribution in [0, 0.1) is 0 Å². The van der Waals surface area contributed by atoms with E-state index in [0.29, 0.717) is 6.54 Å². The first-order valence-electron chi connectivity index (χ1n) is 10.2. The van der Waals surface area contributed by atoms with Crippen LogP contribution in [-0.4, -0.2) is 10.9 Å². The van der Waals surface area contributed by atoms with Gasteiger partial charge in [-0.3, -0.25) is 4.99 Å². The number of rotatable bonds is 5. The van der Waals surface area contributed by atoms with Crippen molar-refractivity contribution in [2.75, 3.05) is 0 Å². The first-order valence-corrected chi connectivity index (χ1v) is 11.1. The van der Waals surface area contributed by atoms with Crippen molar-refractivity contribution < 1.29 is 0 Å². The van der Waals surface area contributed by atoms with Gasteiger partial charge in [-0.25, -0.2) is 4.68 Å². The van der Waals surface area contributed by atoms with E-state index in [1.165, 1.54) is 16.3 Å². The predicted molar refractivity (Wildman–Crippen MR) is 130 cm³/mol. The maximum Gasteiger partial charge on any atom is 0.206 e. The molecule has 0 radical (unpaired) electrons. The summed E-state index contributed by atoms with van der Waals surface area (Å²) >= 11 is 1.61. The fraction of sp³-hybridized carbons (Fsp3) is 0.0370. The molecule has 0 unspecified atom stereocenters. The smallest absolute Gasteiger partial charge is 0.206 e. The number of benzene rings is 4. The van der Waals surface area contributed by atoms with Gasteiger partial charge in [-0.15, -0.1) is 11.3 Å². The van der Waals surface area contributed by atoms with Gasteiger partial charge in [-0.2, -0.15) is 5.10 Å². The topological polar surface area (TPSA) is 29.6 Å². The summed E-state index contributed by atoms with van der Waals surface area (Å²) in [6, 6.07) is 35.3.